The SMILES string of the molecule is CCCC(=O)N(Cc1ccc(F)cc1)C(Cc1ccccc1)C(=O)NCc1ccco1. The van der Waals surface area contributed by atoms with E-state index >= 15 is 0 Å². The van der Waals surface area contributed by atoms with E-state index in [4.69, 9.17) is 4.42 Å². The Morgan fingerprint density at radius 1 is 1.00 bits per heavy atom. The van der Waals surface area contributed by atoms with Gasteiger partial charge in [-0.15, -0.1) is 0 Å². The summed E-state index contributed by atoms with van der Waals surface area (Å²) in [6.45, 7) is 2.39. The largest absolute Gasteiger partial charge is 0.467 e. The summed E-state index contributed by atoms with van der Waals surface area (Å²) < 4.78 is 18.7. The lowest BCUT2D eigenvalue weighted by Gasteiger charge is -2.31. The molecule has 5 nitrogen and oxygen atoms in total. The van der Waals surface area contributed by atoms with Gasteiger partial charge in [-0.1, -0.05) is 49.4 Å². The van der Waals surface area contributed by atoms with Gasteiger partial charge in [0.1, 0.15) is 17.6 Å². The Morgan fingerprint density at radius 3 is 2.39 bits per heavy atom. The van der Waals surface area contributed by atoms with Gasteiger partial charge in [0.15, 0.2) is 0 Å². The van der Waals surface area contributed by atoms with Gasteiger partial charge >= 0.3 is 0 Å². The van der Waals surface area contributed by atoms with Gasteiger partial charge in [-0.2, -0.15) is 0 Å². The second-order valence-corrected chi connectivity index (χ2v) is 7.40. The molecular formula is C25H27FN2O3. The van der Waals surface area contributed by atoms with Gasteiger partial charge in [-0.25, -0.2) is 4.39 Å². The molecule has 1 unspecified atom stereocenters. The first-order valence-electron chi connectivity index (χ1n) is 10.4. The van der Waals surface area contributed by atoms with Gasteiger partial charge in [0, 0.05) is 19.4 Å². The molecule has 0 spiro atoms. The van der Waals surface area contributed by atoms with Gasteiger partial charge in [0.05, 0.1) is 12.8 Å². The zero-order valence-corrected chi connectivity index (χ0v) is 17.6. The van der Waals surface area contributed by atoms with Crippen LogP contribution in [0.15, 0.2) is 77.4 Å². The van der Waals surface area contributed by atoms with E-state index < -0.39 is 6.04 Å². The number of carbonyl (C=O) groups excluding carboxylic acids is 2. The molecule has 1 heterocycles. The minimum absolute atomic E-state index is 0.110. The van der Waals surface area contributed by atoms with E-state index in [1.165, 1.54) is 12.1 Å². The van der Waals surface area contributed by atoms with Gasteiger partial charge in [-0.05, 0) is 41.8 Å². The van der Waals surface area contributed by atoms with Crippen LogP contribution in [0.5, 0.6) is 0 Å². The van der Waals surface area contributed by atoms with Crippen LogP contribution in [0.4, 0.5) is 4.39 Å². The predicted molar refractivity (Wildman–Crippen MR) is 116 cm³/mol. The highest BCUT2D eigenvalue weighted by molar-refractivity contribution is 5.88. The van der Waals surface area contributed by atoms with Gasteiger partial charge in [0.25, 0.3) is 0 Å². The molecule has 31 heavy (non-hydrogen) atoms. The van der Waals surface area contributed by atoms with Crippen LogP contribution in [0.2, 0.25) is 0 Å². The highest BCUT2D eigenvalue weighted by atomic mass is 19.1. The van der Waals surface area contributed by atoms with Crippen molar-refractivity contribution in [3.05, 3.63) is 95.7 Å². The second kappa shape index (κ2) is 11.1. The van der Waals surface area contributed by atoms with Crippen molar-refractivity contribution in [2.45, 2.75) is 45.3 Å². The van der Waals surface area contributed by atoms with Crippen molar-refractivity contribution >= 4 is 11.8 Å². The summed E-state index contributed by atoms with van der Waals surface area (Å²) in [5.41, 5.74) is 1.72. The maximum atomic E-state index is 13.4. The Labute approximate surface area is 181 Å². The number of hydrogen-bond acceptors (Lipinski definition) is 3. The molecule has 2 amide bonds. The fourth-order valence-electron chi connectivity index (χ4n) is 3.40. The maximum absolute atomic E-state index is 13.4. The maximum Gasteiger partial charge on any atom is 0.243 e. The minimum atomic E-state index is -0.707. The summed E-state index contributed by atoms with van der Waals surface area (Å²) in [6, 6.07) is 18.4. The second-order valence-electron chi connectivity index (χ2n) is 7.40. The van der Waals surface area contributed by atoms with Crippen molar-refractivity contribution in [2.75, 3.05) is 0 Å². The normalized spacial score (nSPS) is 11.7. The van der Waals surface area contributed by atoms with Gasteiger partial charge in [-0.3, -0.25) is 9.59 Å². The molecule has 0 aliphatic carbocycles. The number of rotatable bonds is 10. The third-order valence-electron chi connectivity index (χ3n) is 5.02. The summed E-state index contributed by atoms with van der Waals surface area (Å²) in [5, 5.41) is 2.89. The topological polar surface area (TPSA) is 62.6 Å². The van der Waals surface area contributed by atoms with E-state index in [1.807, 2.05) is 37.3 Å². The average molecular weight is 423 g/mol. The number of benzene rings is 2. The Hall–Kier alpha value is -3.41. The monoisotopic (exact) mass is 422 g/mol. The standard InChI is InChI=1S/C25H27FN2O3/c1-2-7-24(29)28(18-20-11-13-21(26)14-12-20)23(16-19-8-4-3-5-9-19)25(30)27-17-22-10-6-15-31-22/h3-6,8-15,23H,2,7,16-18H2,1H3,(H,27,30). The Kier molecular flexibility index (Phi) is 7.98. The highest BCUT2D eigenvalue weighted by Gasteiger charge is 2.30. The lowest BCUT2D eigenvalue weighted by Crippen LogP contribution is -2.50. The summed E-state index contributed by atoms with van der Waals surface area (Å²) in [4.78, 5) is 27.9. The van der Waals surface area contributed by atoms with Crippen molar-refractivity contribution in [3.8, 4) is 0 Å². The zero-order valence-electron chi connectivity index (χ0n) is 17.6. The molecule has 0 fully saturated rings. The molecule has 3 rings (SSSR count). The van der Waals surface area contributed by atoms with Crippen molar-refractivity contribution in [2.24, 2.45) is 0 Å². The predicted octanol–water partition coefficient (Wildman–Crippen LogP) is 4.48. The van der Waals surface area contributed by atoms with E-state index in [0.717, 1.165) is 11.1 Å². The van der Waals surface area contributed by atoms with Crippen LogP contribution in [-0.2, 0) is 29.1 Å². The van der Waals surface area contributed by atoms with Crippen LogP contribution >= 0.6 is 0 Å². The van der Waals surface area contributed by atoms with E-state index in [1.54, 1.807) is 35.4 Å². The lowest BCUT2D eigenvalue weighted by atomic mass is 10.0. The fourth-order valence-corrected chi connectivity index (χ4v) is 3.40. The first-order valence-corrected chi connectivity index (χ1v) is 10.4. The zero-order chi connectivity index (χ0) is 22.1. The smallest absolute Gasteiger partial charge is 0.243 e. The Balaban J connectivity index is 1.86. The van der Waals surface area contributed by atoms with E-state index in [0.29, 0.717) is 25.0 Å². The third kappa shape index (κ3) is 6.54. The Morgan fingerprint density at radius 2 is 1.74 bits per heavy atom. The van der Waals surface area contributed by atoms with Crippen LogP contribution in [0, 0.1) is 5.82 Å². The van der Waals surface area contributed by atoms with Crippen LogP contribution in [0.1, 0.15) is 36.7 Å². The summed E-state index contributed by atoms with van der Waals surface area (Å²) in [7, 11) is 0. The minimum Gasteiger partial charge on any atom is -0.467 e. The van der Waals surface area contributed by atoms with E-state index in [-0.39, 0.29) is 30.7 Å². The summed E-state index contributed by atoms with van der Waals surface area (Å²) in [6.07, 6.45) is 2.93. The number of furan rings is 1. The molecule has 1 atom stereocenters. The lowest BCUT2D eigenvalue weighted by molar-refractivity contribution is -0.141. The molecule has 1 N–H and O–H groups in total. The first kappa shape index (κ1) is 22.3. The first-order chi connectivity index (χ1) is 15.1. The number of nitrogens with one attached hydrogen (secondary N) is 1. The molecule has 3 aromatic rings. The van der Waals surface area contributed by atoms with Crippen molar-refractivity contribution in [1.82, 2.24) is 10.2 Å². The van der Waals surface area contributed by atoms with Crippen molar-refractivity contribution in [1.29, 1.82) is 0 Å². The molecule has 0 saturated carbocycles. The fraction of sp³-hybridized carbons (Fsp3) is 0.280. The van der Waals surface area contributed by atoms with Crippen molar-refractivity contribution in [3.63, 3.8) is 0 Å². The Bertz CT molecular complexity index is 956. The molecule has 0 aliphatic rings. The number of carbonyl (C=O) groups is 2. The molecule has 0 aliphatic heterocycles. The molecule has 162 valence electrons. The molecule has 6 heteroatoms. The third-order valence-corrected chi connectivity index (χ3v) is 5.02. The van der Waals surface area contributed by atoms with E-state index in [9.17, 15) is 14.0 Å². The van der Waals surface area contributed by atoms with Crippen LogP contribution in [0.25, 0.3) is 0 Å². The molecular weight excluding hydrogens is 395 g/mol. The van der Waals surface area contributed by atoms with Gasteiger partial charge in [0.2, 0.25) is 11.8 Å². The average Bonchev–Trinajstić information content (AvgIpc) is 3.30. The van der Waals surface area contributed by atoms with Gasteiger partial charge < -0.3 is 14.6 Å². The van der Waals surface area contributed by atoms with Crippen LogP contribution in [0.3, 0.4) is 0 Å². The molecule has 0 saturated heterocycles. The quantitative estimate of drug-likeness (QED) is 0.524. The molecule has 1 aromatic heterocycles. The number of hydrogen-bond donors (Lipinski definition) is 1. The summed E-state index contributed by atoms with van der Waals surface area (Å²) >= 11 is 0. The molecule has 2 aromatic carbocycles. The highest BCUT2D eigenvalue weighted by Crippen LogP contribution is 2.17. The van der Waals surface area contributed by atoms with Crippen LogP contribution in [-0.4, -0.2) is 22.8 Å². The molecule has 0 radical (unpaired) electrons. The number of amides is 2. The summed E-state index contributed by atoms with van der Waals surface area (Å²) in [5.74, 6) is -0.0725. The van der Waals surface area contributed by atoms with E-state index in [2.05, 4.69) is 5.32 Å². The van der Waals surface area contributed by atoms with Crippen LogP contribution < -0.4 is 5.32 Å². The number of halogens is 1. The number of nitrogens with zero attached hydrogens (tertiary/aromatic N) is 1. The van der Waals surface area contributed by atoms with Crippen molar-refractivity contribution < 1.29 is 18.4 Å². The molecule has 0 bridgehead atoms.